The Morgan fingerprint density at radius 2 is 2.04 bits per heavy atom. The van der Waals surface area contributed by atoms with Gasteiger partial charge in [-0.25, -0.2) is 9.18 Å². The minimum atomic E-state index is -0.507. The van der Waals surface area contributed by atoms with E-state index in [9.17, 15) is 9.18 Å². The number of rotatable bonds is 2. The molecule has 1 saturated heterocycles. The van der Waals surface area contributed by atoms with Crippen molar-refractivity contribution < 1.29 is 13.9 Å². The van der Waals surface area contributed by atoms with Crippen molar-refractivity contribution in [1.82, 2.24) is 14.7 Å². The van der Waals surface area contributed by atoms with Crippen molar-refractivity contribution in [3.63, 3.8) is 0 Å². The topological polar surface area (TPSA) is 71.2 Å². The normalized spacial score (nSPS) is 15.4. The molecule has 142 valence electrons. The average molecular weight is 370 g/mol. The minimum Gasteiger partial charge on any atom is -0.444 e. The highest BCUT2D eigenvalue weighted by Gasteiger charge is 2.28. The summed E-state index contributed by atoms with van der Waals surface area (Å²) in [6.45, 7) is 6.73. The summed E-state index contributed by atoms with van der Waals surface area (Å²) in [7, 11) is 0. The minimum absolute atomic E-state index is 0.139. The Balaban J connectivity index is 1.67. The van der Waals surface area contributed by atoms with Crippen molar-refractivity contribution in [2.75, 3.05) is 13.1 Å². The summed E-state index contributed by atoms with van der Waals surface area (Å²) < 4.78 is 21.3. The number of hydrogen-bond acceptors (Lipinski definition) is 4. The van der Waals surface area contributed by atoms with E-state index in [0.29, 0.717) is 29.8 Å². The largest absolute Gasteiger partial charge is 0.444 e. The van der Waals surface area contributed by atoms with Crippen LogP contribution in [0.15, 0.2) is 30.6 Å². The molecule has 1 aromatic heterocycles. The number of hydrogen-bond donors (Lipinski definition) is 0. The number of likely N-dealkylation sites (tertiary alicyclic amines) is 1. The summed E-state index contributed by atoms with van der Waals surface area (Å²) in [6.07, 6.45) is 4.62. The van der Waals surface area contributed by atoms with Gasteiger partial charge >= 0.3 is 6.09 Å². The summed E-state index contributed by atoms with van der Waals surface area (Å²) in [5.41, 5.74) is 0.905. The zero-order valence-electron chi connectivity index (χ0n) is 15.8. The first-order valence-electron chi connectivity index (χ1n) is 8.99. The number of benzene rings is 1. The lowest BCUT2D eigenvalue weighted by Crippen LogP contribution is -2.42. The summed E-state index contributed by atoms with van der Waals surface area (Å²) in [5, 5.41) is 13.4. The average Bonchev–Trinajstić information content (AvgIpc) is 3.11. The Kier molecular flexibility index (Phi) is 5.17. The maximum atomic E-state index is 14.1. The van der Waals surface area contributed by atoms with Gasteiger partial charge in [0.1, 0.15) is 11.4 Å². The molecule has 1 aromatic carbocycles. The lowest BCUT2D eigenvalue weighted by Gasteiger charge is -2.33. The second-order valence-electron chi connectivity index (χ2n) is 7.71. The fraction of sp³-hybridized carbons (Fsp3) is 0.450. The van der Waals surface area contributed by atoms with Crippen LogP contribution in [-0.2, 0) is 4.74 Å². The third-order valence-electron chi connectivity index (χ3n) is 4.50. The van der Waals surface area contributed by atoms with Gasteiger partial charge in [-0.1, -0.05) is 0 Å². The quantitative estimate of drug-likeness (QED) is 0.797. The molecule has 0 radical (unpaired) electrons. The van der Waals surface area contributed by atoms with Crippen LogP contribution in [-0.4, -0.2) is 39.5 Å². The molecular formula is C20H23FN4O2. The molecule has 27 heavy (non-hydrogen) atoms. The fourth-order valence-corrected chi connectivity index (χ4v) is 3.13. The number of ether oxygens (including phenoxy) is 1. The maximum Gasteiger partial charge on any atom is 0.410 e. The molecule has 7 heteroatoms. The Morgan fingerprint density at radius 1 is 1.33 bits per heavy atom. The third-order valence-corrected chi connectivity index (χ3v) is 4.50. The van der Waals surface area contributed by atoms with Gasteiger partial charge in [-0.2, -0.15) is 10.4 Å². The van der Waals surface area contributed by atoms with Crippen molar-refractivity contribution in [1.29, 1.82) is 5.26 Å². The maximum absolute atomic E-state index is 14.1. The monoisotopic (exact) mass is 370 g/mol. The number of carbonyl (C=O) groups excluding carboxylic acids is 1. The van der Waals surface area contributed by atoms with E-state index in [1.165, 1.54) is 18.2 Å². The number of aromatic nitrogens is 2. The molecule has 1 amide bonds. The molecule has 1 aliphatic rings. The predicted octanol–water partition coefficient (Wildman–Crippen LogP) is 4.13. The van der Waals surface area contributed by atoms with E-state index in [4.69, 9.17) is 10.00 Å². The highest BCUT2D eigenvalue weighted by atomic mass is 19.1. The fourth-order valence-electron chi connectivity index (χ4n) is 3.13. The van der Waals surface area contributed by atoms with Crippen molar-refractivity contribution in [3.8, 4) is 17.2 Å². The number of nitrogens with zero attached hydrogens (tertiary/aromatic N) is 4. The smallest absolute Gasteiger partial charge is 0.410 e. The zero-order valence-corrected chi connectivity index (χ0v) is 15.8. The summed E-state index contributed by atoms with van der Waals surface area (Å²) in [4.78, 5) is 13.9. The predicted molar refractivity (Wildman–Crippen MR) is 98.4 cm³/mol. The van der Waals surface area contributed by atoms with Gasteiger partial charge in [-0.05, 0) is 51.8 Å². The van der Waals surface area contributed by atoms with Crippen LogP contribution in [0.5, 0.6) is 0 Å². The molecule has 1 fully saturated rings. The van der Waals surface area contributed by atoms with Gasteiger partial charge in [-0.15, -0.1) is 0 Å². The number of piperidine rings is 1. The molecule has 0 aliphatic carbocycles. The number of carbonyl (C=O) groups is 1. The molecule has 3 rings (SSSR count). The van der Waals surface area contributed by atoms with Gasteiger partial charge in [0.2, 0.25) is 0 Å². The first-order chi connectivity index (χ1) is 12.8. The van der Waals surface area contributed by atoms with Crippen LogP contribution in [0.1, 0.15) is 45.2 Å². The number of nitriles is 1. The van der Waals surface area contributed by atoms with E-state index < -0.39 is 5.60 Å². The summed E-state index contributed by atoms with van der Waals surface area (Å²) in [5.74, 6) is -0.381. The molecule has 0 unspecified atom stereocenters. The van der Waals surface area contributed by atoms with Crippen molar-refractivity contribution >= 4 is 6.09 Å². The molecule has 6 nitrogen and oxygen atoms in total. The zero-order chi connectivity index (χ0) is 19.6. The third kappa shape index (κ3) is 4.45. The Labute approximate surface area is 158 Å². The molecular weight excluding hydrogens is 347 g/mol. The standard InChI is InChI=1S/C20H23FN4O2/c1-20(2,3)27-19(26)24-8-6-16(7-9-24)25-13-15(12-23-25)17-10-14(11-22)4-5-18(17)21/h4-5,10,12-13,16H,6-9H2,1-3H3. The lowest BCUT2D eigenvalue weighted by atomic mass is 10.0. The second kappa shape index (κ2) is 7.39. The van der Waals surface area contributed by atoms with Gasteiger partial charge in [0.05, 0.1) is 23.9 Å². The molecule has 0 bridgehead atoms. The van der Waals surface area contributed by atoms with Gasteiger partial charge in [0, 0.05) is 30.4 Å². The summed E-state index contributed by atoms with van der Waals surface area (Å²) in [6, 6.07) is 6.44. The number of halogens is 1. The number of amides is 1. The molecule has 0 atom stereocenters. The van der Waals surface area contributed by atoms with E-state index in [-0.39, 0.29) is 18.0 Å². The van der Waals surface area contributed by atoms with Crippen LogP contribution >= 0.6 is 0 Å². The molecule has 2 aromatic rings. The molecule has 0 spiro atoms. The van der Waals surface area contributed by atoms with Crippen LogP contribution in [0.25, 0.3) is 11.1 Å². The van der Waals surface area contributed by atoms with Crippen molar-refractivity contribution in [2.24, 2.45) is 0 Å². The molecule has 0 saturated carbocycles. The van der Waals surface area contributed by atoms with Crippen molar-refractivity contribution in [2.45, 2.75) is 45.3 Å². The highest BCUT2D eigenvalue weighted by molar-refractivity contribution is 5.68. The Hall–Kier alpha value is -2.88. The first-order valence-corrected chi connectivity index (χ1v) is 8.99. The van der Waals surface area contributed by atoms with E-state index in [2.05, 4.69) is 5.10 Å². The van der Waals surface area contributed by atoms with Gasteiger partial charge < -0.3 is 9.64 Å². The highest BCUT2D eigenvalue weighted by Crippen LogP contribution is 2.28. The molecule has 2 heterocycles. The lowest BCUT2D eigenvalue weighted by molar-refractivity contribution is 0.0185. The Bertz CT molecular complexity index is 871. The van der Waals surface area contributed by atoms with Gasteiger partial charge in [0.15, 0.2) is 0 Å². The van der Waals surface area contributed by atoms with Crippen LogP contribution in [0.4, 0.5) is 9.18 Å². The van der Waals surface area contributed by atoms with Gasteiger partial charge in [-0.3, -0.25) is 4.68 Å². The SMILES string of the molecule is CC(C)(C)OC(=O)N1CCC(n2cc(-c3cc(C#N)ccc3F)cn2)CC1. The van der Waals surface area contributed by atoms with E-state index in [1.807, 2.05) is 31.5 Å². The first kappa shape index (κ1) is 18.9. The molecule has 0 N–H and O–H groups in total. The van der Waals surface area contributed by atoms with Crippen LogP contribution in [0.2, 0.25) is 0 Å². The van der Waals surface area contributed by atoms with Crippen LogP contribution in [0.3, 0.4) is 0 Å². The Morgan fingerprint density at radius 3 is 2.67 bits per heavy atom. The van der Waals surface area contributed by atoms with Crippen LogP contribution < -0.4 is 0 Å². The summed E-state index contributed by atoms with van der Waals surface area (Å²) >= 11 is 0. The second-order valence-corrected chi connectivity index (χ2v) is 7.71. The van der Waals surface area contributed by atoms with E-state index in [0.717, 1.165) is 12.8 Å². The van der Waals surface area contributed by atoms with Crippen LogP contribution in [0, 0.1) is 17.1 Å². The van der Waals surface area contributed by atoms with E-state index >= 15 is 0 Å². The van der Waals surface area contributed by atoms with Gasteiger partial charge in [0.25, 0.3) is 0 Å². The molecule has 1 aliphatic heterocycles. The van der Waals surface area contributed by atoms with Crippen molar-refractivity contribution in [3.05, 3.63) is 42.0 Å². The van der Waals surface area contributed by atoms with E-state index in [1.54, 1.807) is 17.3 Å².